The van der Waals surface area contributed by atoms with Crippen LogP contribution in [-0.2, 0) is 9.59 Å². The molecule has 8 nitrogen and oxygen atoms in total. The maximum Gasteiger partial charge on any atom is 0.283 e. The minimum absolute atomic E-state index is 0.113. The molecule has 1 aliphatic rings. The van der Waals surface area contributed by atoms with Crippen molar-refractivity contribution in [2.75, 3.05) is 29.8 Å². The maximum absolute atomic E-state index is 13.6. The number of imide groups is 1. The number of methoxy groups -OCH3 is 2. The molecule has 0 aliphatic carbocycles. The summed E-state index contributed by atoms with van der Waals surface area (Å²) in [6, 6.07) is 24.4. The molecule has 5 rings (SSSR count). The van der Waals surface area contributed by atoms with Gasteiger partial charge in [-0.1, -0.05) is 29.5 Å². The molecular weight excluding hydrogens is 557 g/mol. The molecule has 2 N–H and O–H groups in total. The summed E-state index contributed by atoms with van der Waals surface area (Å²) in [7, 11) is 3.00. The molecule has 212 valence electrons. The number of anilines is 3. The summed E-state index contributed by atoms with van der Waals surface area (Å²) in [5, 5.41) is 5.93. The lowest BCUT2D eigenvalue weighted by Gasteiger charge is -2.15. The fourth-order valence-electron chi connectivity index (χ4n) is 4.23. The SMILES string of the molecule is COc1ccc(C(=O)Nc2ccc(SC3=C(Nc4ccc(C)cc4)C(=O)N(c4ccc(F)cc4)C3=O)cc2)c(OC)c1. The Morgan fingerprint density at radius 3 is 2.12 bits per heavy atom. The third-order valence-electron chi connectivity index (χ3n) is 6.43. The first-order valence-corrected chi connectivity index (χ1v) is 13.6. The van der Waals surface area contributed by atoms with Crippen LogP contribution in [0.25, 0.3) is 0 Å². The van der Waals surface area contributed by atoms with E-state index in [0.29, 0.717) is 33.3 Å². The molecular formula is C32H26FN3O5S. The van der Waals surface area contributed by atoms with Gasteiger partial charge in [0, 0.05) is 22.3 Å². The van der Waals surface area contributed by atoms with Crippen molar-refractivity contribution < 1.29 is 28.2 Å². The quantitative estimate of drug-likeness (QED) is 0.220. The van der Waals surface area contributed by atoms with Crippen LogP contribution in [0.5, 0.6) is 11.5 Å². The van der Waals surface area contributed by atoms with Gasteiger partial charge in [0.2, 0.25) is 0 Å². The van der Waals surface area contributed by atoms with Crippen molar-refractivity contribution in [3.05, 3.63) is 119 Å². The molecule has 0 unspecified atom stereocenters. The van der Waals surface area contributed by atoms with Gasteiger partial charge in [0.15, 0.2) is 0 Å². The van der Waals surface area contributed by atoms with E-state index >= 15 is 0 Å². The first-order valence-electron chi connectivity index (χ1n) is 12.8. The molecule has 0 fully saturated rings. The predicted molar refractivity (Wildman–Crippen MR) is 161 cm³/mol. The molecule has 1 aliphatic heterocycles. The molecule has 0 aromatic heterocycles. The number of benzene rings is 4. The molecule has 1 heterocycles. The third-order valence-corrected chi connectivity index (χ3v) is 7.52. The van der Waals surface area contributed by atoms with Gasteiger partial charge >= 0.3 is 0 Å². The van der Waals surface area contributed by atoms with Crippen molar-refractivity contribution in [2.45, 2.75) is 11.8 Å². The lowest BCUT2D eigenvalue weighted by atomic mass is 10.1. The third kappa shape index (κ3) is 5.98. The van der Waals surface area contributed by atoms with Crippen molar-refractivity contribution >= 4 is 46.5 Å². The van der Waals surface area contributed by atoms with Crippen LogP contribution in [0.4, 0.5) is 21.5 Å². The Morgan fingerprint density at radius 1 is 0.810 bits per heavy atom. The van der Waals surface area contributed by atoms with E-state index in [1.165, 1.54) is 38.5 Å². The number of carbonyl (C=O) groups is 3. The van der Waals surface area contributed by atoms with E-state index < -0.39 is 17.6 Å². The second kappa shape index (κ2) is 12.2. The van der Waals surface area contributed by atoms with E-state index in [1.807, 2.05) is 31.2 Å². The van der Waals surface area contributed by atoms with Crippen LogP contribution in [0, 0.1) is 12.7 Å². The largest absolute Gasteiger partial charge is 0.497 e. The summed E-state index contributed by atoms with van der Waals surface area (Å²) in [6.45, 7) is 1.95. The van der Waals surface area contributed by atoms with Crippen LogP contribution in [0.2, 0.25) is 0 Å². The van der Waals surface area contributed by atoms with Gasteiger partial charge in [-0.15, -0.1) is 0 Å². The smallest absolute Gasteiger partial charge is 0.283 e. The number of nitrogens with one attached hydrogen (secondary N) is 2. The average molecular weight is 584 g/mol. The second-order valence-corrected chi connectivity index (χ2v) is 10.3. The zero-order chi connectivity index (χ0) is 29.8. The number of halogens is 1. The van der Waals surface area contributed by atoms with Crippen molar-refractivity contribution in [3.63, 3.8) is 0 Å². The van der Waals surface area contributed by atoms with Crippen molar-refractivity contribution in [1.29, 1.82) is 0 Å². The highest BCUT2D eigenvalue weighted by molar-refractivity contribution is 8.04. The number of amides is 3. The van der Waals surface area contributed by atoms with E-state index in [9.17, 15) is 18.8 Å². The Hall–Kier alpha value is -5.09. The zero-order valence-corrected chi connectivity index (χ0v) is 23.8. The number of ether oxygens (including phenoxy) is 2. The number of thioether (sulfide) groups is 1. The Bertz CT molecular complexity index is 1690. The highest BCUT2D eigenvalue weighted by atomic mass is 32.2. The summed E-state index contributed by atoms with van der Waals surface area (Å²) < 4.78 is 24.1. The monoisotopic (exact) mass is 583 g/mol. The molecule has 0 spiro atoms. The van der Waals surface area contributed by atoms with Gasteiger partial charge in [-0.3, -0.25) is 14.4 Å². The van der Waals surface area contributed by atoms with Gasteiger partial charge in [0.1, 0.15) is 27.9 Å². The molecule has 0 radical (unpaired) electrons. The lowest BCUT2D eigenvalue weighted by molar-refractivity contribution is -0.120. The average Bonchev–Trinajstić information content (AvgIpc) is 3.23. The number of aryl methyl sites for hydroxylation is 1. The summed E-state index contributed by atoms with van der Waals surface area (Å²) >= 11 is 1.11. The minimum Gasteiger partial charge on any atom is -0.497 e. The van der Waals surface area contributed by atoms with E-state index in [2.05, 4.69) is 10.6 Å². The number of rotatable bonds is 9. The van der Waals surface area contributed by atoms with Crippen molar-refractivity contribution in [3.8, 4) is 11.5 Å². The number of hydrogen-bond acceptors (Lipinski definition) is 7. The van der Waals surface area contributed by atoms with Crippen molar-refractivity contribution in [1.82, 2.24) is 0 Å². The van der Waals surface area contributed by atoms with Crippen LogP contribution in [0.1, 0.15) is 15.9 Å². The minimum atomic E-state index is -0.549. The van der Waals surface area contributed by atoms with Gasteiger partial charge in [0.05, 0.1) is 25.5 Å². The topological polar surface area (TPSA) is 97.0 Å². The Morgan fingerprint density at radius 2 is 1.48 bits per heavy atom. The van der Waals surface area contributed by atoms with E-state index in [1.54, 1.807) is 42.5 Å². The summed E-state index contributed by atoms with van der Waals surface area (Å²) in [5.41, 5.74) is 2.92. The van der Waals surface area contributed by atoms with E-state index in [0.717, 1.165) is 22.2 Å². The van der Waals surface area contributed by atoms with Crippen LogP contribution in [-0.4, -0.2) is 31.9 Å². The van der Waals surface area contributed by atoms with Gasteiger partial charge in [0.25, 0.3) is 17.7 Å². The molecule has 3 amide bonds. The molecule has 10 heteroatoms. The zero-order valence-electron chi connectivity index (χ0n) is 22.9. The van der Waals surface area contributed by atoms with Crippen molar-refractivity contribution in [2.24, 2.45) is 0 Å². The fourth-order valence-corrected chi connectivity index (χ4v) is 5.16. The van der Waals surface area contributed by atoms with Crippen LogP contribution in [0.3, 0.4) is 0 Å². The summed E-state index contributed by atoms with van der Waals surface area (Å²) in [4.78, 5) is 41.8. The van der Waals surface area contributed by atoms with E-state index in [-0.39, 0.29) is 22.2 Å². The molecule has 42 heavy (non-hydrogen) atoms. The van der Waals surface area contributed by atoms with Gasteiger partial charge in [-0.25, -0.2) is 9.29 Å². The summed E-state index contributed by atoms with van der Waals surface area (Å²) in [6.07, 6.45) is 0. The highest BCUT2D eigenvalue weighted by Gasteiger charge is 2.40. The Labute approximate surface area is 246 Å². The predicted octanol–water partition coefficient (Wildman–Crippen LogP) is 6.39. The molecule has 0 saturated heterocycles. The molecule has 0 atom stereocenters. The fraction of sp³-hybridized carbons (Fsp3) is 0.0938. The number of carbonyl (C=O) groups excluding carboxylic acids is 3. The normalized spacial score (nSPS) is 12.9. The van der Waals surface area contributed by atoms with Gasteiger partial charge in [-0.05, 0) is 79.7 Å². The second-order valence-electron chi connectivity index (χ2n) is 9.26. The first kappa shape index (κ1) is 28.4. The Balaban J connectivity index is 1.39. The molecule has 0 bridgehead atoms. The van der Waals surface area contributed by atoms with E-state index in [4.69, 9.17) is 9.47 Å². The first-order chi connectivity index (χ1) is 20.3. The van der Waals surface area contributed by atoms with Gasteiger partial charge in [-0.2, -0.15) is 0 Å². The molecule has 4 aromatic carbocycles. The highest BCUT2D eigenvalue weighted by Crippen LogP contribution is 2.38. The van der Waals surface area contributed by atoms with Crippen LogP contribution >= 0.6 is 11.8 Å². The van der Waals surface area contributed by atoms with Crippen LogP contribution in [0.15, 0.2) is 106 Å². The number of nitrogens with zero attached hydrogens (tertiary/aromatic N) is 1. The van der Waals surface area contributed by atoms with Gasteiger partial charge < -0.3 is 20.1 Å². The molecule has 0 saturated carbocycles. The number of hydrogen-bond donors (Lipinski definition) is 2. The lowest BCUT2D eigenvalue weighted by Crippen LogP contribution is -2.32. The Kier molecular flexibility index (Phi) is 8.26. The summed E-state index contributed by atoms with van der Waals surface area (Å²) in [5.74, 6) is -0.991. The maximum atomic E-state index is 13.6. The standard InChI is InChI=1S/C32H26FN3O5S/c1-19-4-8-21(9-5-19)34-28-29(32(39)36(31(28)38)23-12-6-20(33)7-13-23)42-25-15-10-22(11-16-25)35-30(37)26-17-14-24(40-2)18-27(26)41-3/h4-18,34H,1-3H3,(H,35,37). The molecule has 4 aromatic rings. The van der Waals surface area contributed by atoms with Crippen LogP contribution < -0.4 is 25.0 Å².